The van der Waals surface area contributed by atoms with Gasteiger partial charge in [-0.25, -0.2) is 12.7 Å². The molecule has 0 atom stereocenters. The van der Waals surface area contributed by atoms with Crippen LogP contribution < -0.4 is 20.1 Å². The monoisotopic (exact) mass is 435 g/mol. The van der Waals surface area contributed by atoms with Gasteiger partial charge in [0.25, 0.3) is 5.91 Å². The number of carbonyl (C=O) groups excluding carboxylic acids is 2. The number of nitrogens with zero attached hydrogens (tertiary/aromatic N) is 1. The Hall–Kier alpha value is -3.11. The van der Waals surface area contributed by atoms with Crippen LogP contribution >= 0.6 is 0 Å². The second-order valence-electron chi connectivity index (χ2n) is 6.34. The van der Waals surface area contributed by atoms with Gasteiger partial charge in [0.05, 0.1) is 20.3 Å². The molecule has 10 heteroatoms. The number of hydrogen-bond donors (Lipinski definition) is 2. The van der Waals surface area contributed by atoms with Crippen LogP contribution in [0.5, 0.6) is 11.5 Å². The summed E-state index contributed by atoms with van der Waals surface area (Å²) in [5.74, 6) is -0.211. The Morgan fingerprint density at radius 2 is 1.73 bits per heavy atom. The van der Waals surface area contributed by atoms with E-state index in [0.717, 1.165) is 4.31 Å². The smallest absolute Gasteiger partial charge is 0.251 e. The number of nitrogens with one attached hydrogen (secondary N) is 2. The Morgan fingerprint density at radius 1 is 1.07 bits per heavy atom. The molecule has 0 aromatic heterocycles. The first kappa shape index (κ1) is 23.2. The lowest BCUT2D eigenvalue weighted by Crippen LogP contribution is -2.33. The molecular weight excluding hydrogens is 410 g/mol. The lowest BCUT2D eigenvalue weighted by molar-refractivity contribution is -0.115. The van der Waals surface area contributed by atoms with Crippen LogP contribution in [0.4, 0.5) is 5.69 Å². The summed E-state index contributed by atoms with van der Waals surface area (Å²) >= 11 is 0. The van der Waals surface area contributed by atoms with Crippen molar-refractivity contribution in [3.8, 4) is 11.5 Å². The van der Waals surface area contributed by atoms with Gasteiger partial charge in [0.2, 0.25) is 15.9 Å². The molecule has 2 rings (SSSR count). The molecule has 0 fully saturated rings. The van der Waals surface area contributed by atoms with Gasteiger partial charge in [0.1, 0.15) is 16.4 Å². The summed E-state index contributed by atoms with van der Waals surface area (Å²) in [6.45, 7) is 2.13. The maximum Gasteiger partial charge on any atom is 0.251 e. The Balaban J connectivity index is 2.04. The second-order valence-corrected chi connectivity index (χ2v) is 8.46. The lowest BCUT2D eigenvalue weighted by Gasteiger charge is -2.15. The van der Waals surface area contributed by atoms with Crippen molar-refractivity contribution in [1.82, 2.24) is 9.62 Å². The number of benzene rings is 2. The van der Waals surface area contributed by atoms with Crippen LogP contribution in [0.1, 0.15) is 17.3 Å². The first-order valence-electron chi connectivity index (χ1n) is 9.10. The molecule has 2 aromatic rings. The zero-order chi connectivity index (χ0) is 22.3. The number of sulfonamides is 1. The van der Waals surface area contributed by atoms with Gasteiger partial charge >= 0.3 is 0 Å². The summed E-state index contributed by atoms with van der Waals surface area (Å²) in [6.07, 6.45) is 0. The Labute approximate surface area is 176 Å². The molecule has 0 radical (unpaired) electrons. The van der Waals surface area contributed by atoms with Crippen LogP contribution in [-0.4, -0.2) is 58.9 Å². The fraction of sp³-hybridized carbons (Fsp3) is 0.300. The highest BCUT2D eigenvalue weighted by atomic mass is 32.2. The highest BCUT2D eigenvalue weighted by Gasteiger charge is 2.24. The van der Waals surface area contributed by atoms with Crippen LogP contribution in [0.2, 0.25) is 0 Å². The van der Waals surface area contributed by atoms with E-state index in [2.05, 4.69) is 10.6 Å². The Bertz CT molecular complexity index is 1000. The largest absolute Gasteiger partial charge is 0.495 e. The zero-order valence-corrected chi connectivity index (χ0v) is 18.1. The minimum atomic E-state index is -3.82. The van der Waals surface area contributed by atoms with Crippen LogP contribution in [0.15, 0.2) is 47.4 Å². The highest BCUT2D eigenvalue weighted by Crippen LogP contribution is 2.26. The first-order valence-corrected chi connectivity index (χ1v) is 10.5. The van der Waals surface area contributed by atoms with Gasteiger partial charge in [0.15, 0.2) is 0 Å². The van der Waals surface area contributed by atoms with Crippen molar-refractivity contribution in [2.24, 2.45) is 0 Å². The summed E-state index contributed by atoms with van der Waals surface area (Å²) in [5, 5.41) is 5.13. The molecule has 30 heavy (non-hydrogen) atoms. The third kappa shape index (κ3) is 5.71. The van der Waals surface area contributed by atoms with Gasteiger partial charge in [-0.1, -0.05) is 0 Å². The average Bonchev–Trinajstić information content (AvgIpc) is 2.73. The molecule has 0 aliphatic heterocycles. The maximum absolute atomic E-state index is 12.5. The molecule has 0 spiro atoms. The van der Waals surface area contributed by atoms with Gasteiger partial charge in [-0.2, -0.15) is 0 Å². The van der Waals surface area contributed by atoms with Crippen molar-refractivity contribution in [3.63, 3.8) is 0 Å². The topological polar surface area (TPSA) is 114 Å². The van der Waals surface area contributed by atoms with Crippen LogP contribution in [0.25, 0.3) is 0 Å². The summed E-state index contributed by atoms with van der Waals surface area (Å²) in [7, 11) is 0.289. The molecule has 2 amide bonds. The number of rotatable bonds is 9. The molecule has 2 N–H and O–H groups in total. The van der Waals surface area contributed by atoms with Crippen LogP contribution in [0.3, 0.4) is 0 Å². The standard InChI is InChI=1S/C20H25N3O6S/c1-5-29-16-9-7-15(8-10-16)22-19(24)13-21-20(25)14-6-11-17(28-4)18(12-14)30(26,27)23(2)3/h6-12H,5,13H2,1-4H3,(H,21,25)(H,22,24). The predicted molar refractivity (Wildman–Crippen MR) is 112 cm³/mol. The molecule has 162 valence electrons. The second kappa shape index (κ2) is 10.1. The maximum atomic E-state index is 12.5. The SMILES string of the molecule is CCOc1ccc(NC(=O)CNC(=O)c2ccc(OC)c(S(=O)(=O)N(C)C)c2)cc1. The van der Waals surface area contributed by atoms with E-state index in [1.807, 2.05) is 6.92 Å². The van der Waals surface area contributed by atoms with Gasteiger partial charge < -0.3 is 20.1 Å². The van der Waals surface area contributed by atoms with Gasteiger partial charge in [-0.3, -0.25) is 9.59 Å². The number of amides is 2. The lowest BCUT2D eigenvalue weighted by atomic mass is 10.2. The van der Waals surface area contributed by atoms with E-state index in [9.17, 15) is 18.0 Å². The van der Waals surface area contributed by atoms with Crippen molar-refractivity contribution in [1.29, 1.82) is 0 Å². The normalized spacial score (nSPS) is 11.1. The molecule has 0 aliphatic carbocycles. The number of methoxy groups -OCH3 is 1. The molecule has 0 unspecified atom stereocenters. The molecule has 2 aromatic carbocycles. The van der Waals surface area contributed by atoms with E-state index in [4.69, 9.17) is 9.47 Å². The molecule has 0 saturated heterocycles. The number of hydrogen-bond acceptors (Lipinski definition) is 6. The van der Waals surface area contributed by atoms with Crippen molar-refractivity contribution in [2.75, 3.05) is 39.7 Å². The quantitative estimate of drug-likeness (QED) is 0.620. The average molecular weight is 436 g/mol. The molecule has 0 heterocycles. The van der Waals surface area contributed by atoms with E-state index in [1.165, 1.54) is 39.4 Å². The fourth-order valence-corrected chi connectivity index (χ4v) is 3.56. The van der Waals surface area contributed by atoms with E-state index < -0.39 is 21.8 Å². The summed E-state index contributed by atoms with van der Waals surface area (Å²) < 4.78 is 36.4. The van der Waals surface area contributed by atoms with E-state index >= 15 is 0 Å². The molecule has 0 bridgehead atoms. The number of ether oxygens (including phenoxy) is 2. The first-order chi connectivity index (χ1) is 14.2. The molecule has 9 nitrogen and oxygen atoms in total. The zero-order valence-electron chi connectivity index (χ0n) is 17.3. The minimum absolute atomic E-state index is 0.0880. The van der Waals surface area contributed by atoms with Crippen molar-refractivity contribution >= 4 is 27.5 Å². The fourth-order valence-electron chi connectivity index (χ4n) is 2.49. The van der Waals surface area contributed by atoms with Gasteiger partial charge in [0, 0.05) is 25.3 Å². The highest BCUT2D eigenvalue weighted by molar-refractivity contribution is 7.89. The number of anilines is 1. The van der Waals surface area contributed by atoms with E-state index in [-0.39, 0.29) is 22.8 Å². The number of carbonyl (C=O) groups is 2. The van der Waals surface area contributed by atoms with Gasteiger partial charge in [-0.15, -0.1) is 0 Å². The Kier molecular flexibility index (Phi) is 7.79. The third-order valence-electron chi connectivity index (χ3n) is 4.04. The molecule has 0 aliphatic rings. The molecule has 0 saturated carbocycles. The van der Waals surface area contributed by atoms with Crippen molar-refractivity contribution in [2.45, 2.75) is 11.8 Å². The molecular formula is C20H25N3O6S. The third-order valence-corrected chi connectivity index (χ3v) is 5.88. The summed E-state index contributed by atoms with van der Waals surface area (Å²) in [5.41, 5.74) is 0.645. The Morgan fingerprint density at radius 3 is 2.30 bits per heavy atom. The van der Waals surface area contributed by atoms with E-state index in [1.54, 1.807) is 24.3 Å². The summed E-state index contributed by atoms with van der Waals surface area (Å²) in [4.78, 5) is 24.4. The van der Waals surface area contributed by atoms with Crippen molar-refractivity contribution < 1.29 is 27.5 Å². The summed E-state index contributed by atoms with van der Waals surface area (Å²) in [6, 6.07) is 10.9. The van der Waals surface area contributed by atoms with Crippen LogP contribution in [0, 0.1) is 0 Å². The van der Waals surface area contributed by atoms with E-state index in [0.29, 0.717) is 18.0 Å². The van der Waals surface area contributed by atoms with Gasteiger partial charge in [-0.05, 0) is 49.4 Å². The predicted octanol–water partition coefficient (Wildman–Crippen LogP) is 1.71. The minimum Gasteiger partial charge on any atom is -0.495 e. The van der Waals surface area contributed by atoms with Crippen molar-refractivity contribution in [3.05, 3.63) is 48.0 Å². The van der Waals surface area contributed by atoms with Crippen LogP contribution in [-0.2, 0) is 14.8 Å².